The monoisotopic (exact) mass is 404 g/mol. The Bertz CT molecular complexity index is 774. The number of benzene rings is 1. The molecule has 1 atom stereocenters. The van der Waals surface area contributed by atoms with E-state index in [0.29, 0.717) is 12.4 Å². The van der Waals surface area contributed by atoms with Crippen LogP contribution >= 0.6 is 15.9 Å². The molecule has 0 aliphatic carbocycles. The summed E-state index contributed by atoms with van der Waals surface area (Å²) in [5, 5.41) is 7.16. The fourth-order valence-electron chi connectivity index (χ4n) is 2.93. The van der Waals surface area contributed by atoms with Gasteiger partial charge in [-0.1, -0.05) is 35.3 Å². The van der Waals surface area contributed by atoms with Crippen molar-refractivity contribution in [2.75, 3.05) is 16.8 Å². The molecule has 1 aliphatic rings. The molecule has 1 saturated heterocycles. The van der Waals surface area contributed by atoms with Crippen LogP contribution in [0.4, 0.5) is 11.5 Å². The topological polar surface area (TPSA) is 67.2 Å². The molecule has 1 fully saturated rings. The van der Waals surface area contributed by atoms with Gasteiger partial charge in [-0.05, 0) is 24.6 Å². The van der Waals surface area contributed by atoms with E-state index in [1.807, 2.05) is 24.3 Å². The normalized spacial score (nSPS) is 17.1. The molecule has 2 amide bonds. The van der Waals surface area contributed by atoms with Crippen LogP contribution in [0.1, 0.15) is 26.2 Å². The zero-order valence-electron chi connectivity index (χ0n) is 14.1. The Morgan fingerprint density at radius 1 is 1.40 bits per heavy atom. The van der Waals surface area contributed by atoms with Crippen LogP contribution in [0.5, 0.6) is 0 Å². The Balaban J connectivity index is 1.66. The molecule has 0 bridgehead atoms. The molecule has 3 rings (SSSR count). The molecule has 1 aromatic carbocycles. The number of nitrogens with zero attached hydrogens (tertiary/aromatic N) is 3. The highest BCUT2D eigenvalue weighted by Gasteiger charge is 2.35. The van der Waals surface area contributed by atoms with Gasteiger partial charge in [0.2, 0.25) is 11.8 Å². The van der Waals surface area contributed by atoms with E-state index >= 15 is 0 Å². The van der Waals surface area contributed by atoms with E-state index in [-0.39, 0.29) is 24.2 Å². The van der Waals surface area contributed by atoms with Crippen LogP contribution in [-0.4, -0.2) is 28.1 Å². The van der Waals surface area contributed by atoms with Gasteiger partial charge >= 0.3 is 0 Å². The Morgan fingerprint density at radius 3 is 3.00 bits per heavy atom. The SMILES string of the molecule is CCCCn1nccc1NC(=O)C1CC(=O)N(c2cccc(Br)c2)C1. The second-order valence-corrected chi connectivity index (χ2v) is 7.08. The molecule has 6 nitrogen and oxygen atoms in total. The average molecular weight is 405 g/mol. The smallest absolute Gasteiger partial charge is 0.230 e. The van der Waals surface area contributed by atoms with Crippen molar-refractivity contribution in [3.05, 3.63) is 41.0 Å². The summed E-state index contributed by atoms with van der Waals surface area (Å²) in [5.74, 6) is 0.162. The lowest BCUT2D eigenvalue weighted by Crippen LogP contribution is -2.28. The number of nitrogens with one attached hydrogen (secondary N) is 1. The summed E-state index contributed by atoms with van der Waals surface area (Å²) in [6.07, 6.45) is 3.97. The maximum atomic E-state index is 12.6. The van der Waals surface area contributed by atoms with E-state index in [9.17, 15) is 9.59 Å². The summed E-state index contributed by atoms with van der Waals surface area (Å²) in [7, 11) is 0. The van der Waals surface area contributed by atoms with Crippen molar-refractivity contribution >= 4 is 39.2 Å². The minimum atomic E-state index is -0.360. The molecule has 7 heteroatoms. The van der Waals surface area contributed by atoms with Crippen molar-refractivity contribution in [2.24, 2.45) is 5.92 Å². The standard InChI is InChI=1S/C18H21BrN4O2/c1-2-3-9-23-16(7-8-20-23)21-18(25)13-10-17(24)22(12-13)15-6-4-5-14(19)11-15/h4-8,11,13H,2-3,9-10,12H2,1H3,(H,21,25). The van der Waals surface area contributed by atoms with Crippen LogP contribution in [-0.2, 0) is 16.1 Å². The Morgan fingerprint density at radius 2 is 2.24 bits per heavy atom. The van der Waals surface area contributed by atoms with Gasteiger partial charge < -0.3 is 10.2 Å². The predicted molar refractivity (Wildman–Crippen MR) is 100 cm³/mol. The Kier molecular flexibility index (Phi) is 5.53. The second kappa shape index (κ2) is 7.82. The number of unbranched alkanes of at least 4 members (excludes halogenated alkanes) is 1. The van der Waals surface area contributed by atoms with E-state index in [4.69, 9.17) is 0 Å². The number of hydrogen-bond acceptors (Lipinski definition) is 3. The van der Waals surface area contributed by atoms with Gasteiger partial charge in [-0.3, -0.25) is 9.59 Å². The third kappa shape index (κ3) is 4.10. The number of anilines is 2. The van der Waals surface area contributed by atoms with Crippen LogP contribution in [0.25, 0.3) is 0 Å². The van der Waals surface area contributed by atoms with Crippen LogP contribution in [0, 0.1) is 5.92 Å². The zero-order valence-corrected chi connectivity index (χ0v) is 15.7. The van der Waals surface area contributed by atoms with Crippen molar-refractivity contribution in [3.8, 4) is 0 Å². The molecule has 1 N–H and O–H groups in total. The zero-order chi connectivity index (χ0) is 17.8. The number of carbonyl (C=O) groups excluding carboxylic acids is 2. The largest absolute Gasteiger partial charge is 0.312 e. The van der Waals surface area contributed by atoms with Crippen LogP contribution in [0.2, 0.25) is 0 Å². The lowest BCUT2D eigenvalue weighted by molar-refractivity contribution is -0.122. The number of aryl methyl sites for hydroxylation is 1. The third-order valence-electron chi connectivity index (χ3n) is 4.31. The second-order valence-electron chi connectivity index (χ2n) is 6.17. The van der Waals surface area contributed by atoms with Crippen molar-refractivity contribution in [1.82, 2.24) is 9.78 Å². The van der Waals surface area contributed by atoms with E-state index in [1.165, 1.54) is 0 Å². The summed E-state index contributed by atoms with van der Waals surface area (Å²) in [6, 6.07) is 9.34. The maximum absolute atomic E-state index is 12.6. The molecule has 0 saturated carbocycles. The van der Waals surface area contributed by atoms with Gasteiger partial charge in [0, 0.05) is 35.7 Å². The molecule has 1 aliphatic heterocycles. The fraction of sp³-hybridized carbons (Fsp3) is 0.389. The fourth-order valence-corrected chi connectivity index (χ4v) is 3.32. The summed E-state index contributed by atoms with van der Waals surface area (Å²) >= 11 is 3.41. The average Bonchev–Trinajstić information content (AvgIpc) is 3.19. The number of hydrogen-bond donors (Lipinski definition) is 1. The Hall–Kier alpha value is -2.15. The molecule has 132 valence electrons. The summed E-state index contributed by atoms with van der Waals surface area (Å²) < 4.78 is 2.70. The summed E-state index contributed by atoms with van der Waals surface area (Å²) in [4.78, 5) is 26.6. The summed E-state index contributed by atoms with van der Waals surface area (Å²) in [6.45, 7) is 3.28. The number of halogens is 1. The highest BCUT2D eigenvalue weighted by Crippen LogP contribution is 2.28. The van der Waals surface area contributed by atoms with Crippen molar-refractivity contribution in [2.45, 2.75) is 32.7 Å². The van der Waals surface area contributed by atoms with Crippen molar-refractivity contribution in [1.29, 1.82) is 0 Å². The van der Waals surface area contributed by atoms with Gasteiger partial charge in [-0.25, -0.2) is 4.68 Å². The minimum Gasteiger partial charge on any atom is -0.312 e. The molecular formula is C18H21BrN4O2. The lowest BCUT2D eigenvalue weighted by Gasteiger charge is -2.17. The van der Waals surface area contributed by atoms with E-state index < -0.39 is 0 Å². The molecule has 0 radical (unpaired) electrons. The first-order chi connectivity index (χ1) is 12.1. The van der Waals surface area contributed by atoms with Gasteiger partial charge in [-0.2, -0.15) is 5.10 Å². The van der Waals surface area contributed by atoms with Crippen molar-refractivity contribution in [3.63, 3.8) is 0 Å². The first-order valence-electron chi connectivity index (χ1n) is 8.47. The molecule has 1 aromatic heterocycles. The van der Waals surface area contributed by atoms with Gasteiger partial charge in [0.1, 0.15) is 5.82 Å². The molecule has 0 spiro atoms. The highest BCUT2D eigenvalue weighted by atomic mass is 79.9. The Labute approximate surface area is 155 Å². The minimum absolute atomic E-state index is 0.0299. The third-order valence-corrected chi connectivity index (χ3v) is 4.80. The van der Waals surface area contributed by atoms with Crippen LogP contribution in [0.15, 0.2) is 41.0 Å². The number of carbonyl (C=O) groups is 2. The van der Waals surface area contributed by atoms with Gasteiger partial charge in [0.25, 0.3) is 0 Å². The summed E-state index contributed by atoms with van der Waals surface area (Å²) in [5.41, 5.74) is 0.808. The first kappa shape index (κ1) is 17.7. The highest BCUT2D eigenvalue weighted by molar-refractivity contribution is 9.10. The number of aromatic nitrogens is 2. The lowest BCUT2D eigenvalue weighted by atomic mass is 10.1. The van der Waals surface area contributed by atoms with Gasteiger partial charge in [0.15, 0.2) is 0 Å². The molecule has 2 aromatic rings. The number of rotatable bonds is 6. The van der Waals surface area contributed by atoms with E-state index in [2.05, 4.69) is 33.3 Å². The first-order valence-corrected chi connectivity index (χ1v) is 9.26. The van der Waals surface area contributed by atoms with E-state index in [1.54, 1.807) is 21.8 Å². The molecule has 1 unspecified atom stereocenters. The quantitative estimate of drug-likeness (QED) is 0.801. The van der Waals surface area contributed by atoms with Gasteiger partial charge in [0.05, 0.1) is 12.1 Å². The molecular weight excluding hydrogens is 384 g/mol. The number of amides is 2. The maximum Gasteiger partial charge on any atom is 0.230 e. The predicted octanol–water partition coefficient (Wildman–Crippen LogP) is 3.44. The van der Waals surface area contributed by atoms with Crippen LogP contribution < -0.4 is 10.2 Å². The molecule has 25 heavy (non-hydrogen) atoms. The van der Waals surface area contributed by atoms with Crippen LogP contribution in [0.3, 0.4) is 0 Å². The van der Waals surface area contributed by atoms with Gasteiger partial charge in [-0.15, -0.1) is 0 Å². The van der Waals surface area contributed by atoms with E-state index in [0.717, 1.165) is 29.5 Å². The molecule has 2 heterocycles. The van der Waals surface area contributed by atoms with Crippen molar-refractivity contribution < 1.29 is 9.59 Å².